The molecule has 1 aromatic heterocycles. The molecule has 0 radical (unpaired) electrons. The first-order valence-electron chi connectivity index (χ1n) is 7.01. The predicted octanol–water partition coefficient (Wildman–Crippen LogP) is 2.54. The fraction of sp³-hybridized carbons (Fsp3) is 0.600. The van der Waals surface area contributed by atoms with Gasteiger partial charge >= 0.3 is 5.97 Å². The molecule has 1 fully saturated rings. The summed E-state index contributed by atoms with van der Waals surface area (Å²) in [4.78, 5) is 23.5. The second-order valence-electron chi connectivity index (χ2n) is 5.87. The van der Waals surface area contributed by atoms with E-state index in [1.165, 1.54) is 5.56 Å². The van der Waals surface area contributed by atoms with Crippen LogP contribution in [-0.4, -0.2) is 23.0 Å². The van der Waals surface area contributed by atoms with Gasteiger partial charge in [-0.15, -0.1) is 0 Å². The van der Waals surface area contributed by atoms with E-state index in [1.54, 1.807) is 11.3 Å². The number of hydrogen-bond acceptors (Lipinski definition) is 3. The number of aliphatic carboxylic acids is 1. The van der Waals surface area contributed by atoms with Gasteiger partial charge in [-0.25, -0.2) is 0 Å². The zero-order valence-electron chi connectivity index (χ0n) is 11.8. The van der Waals surface area contributed by atoms with Crippen LogP contribution in [0, 0.1) is 17.8 Å². The van der Waals surface area contributed by atoms with E-state index in [4.69, 9.17) is 0 Å². The molecule has 1 heterocycles. The molecule has 0 saturated heterocycles. The van der Waals surface area contributed by atoms with E-state index in [0.29, 0.717) is 18.8 Å². The molecule has 1 amide bonds. The zero-order valence-corrected chi connectivity index (χ0v) is 12.7. The average Bonchev–Trinajstić information content (AvgIpc) is 2.97. The van der Waals surface area contributed by atoms with Crippen molar-refractivity contribution in [3.05, 3.63) is 22.4 Å². The monoisotopic (exact) mass is 295 g/mol. The molecule has 2 rings (SSSR count). The lowest BCUT2D eigenvalue weighted by Gasteiger charge is -2.19. The molecule has 1 aromatic rings. The Balaban J connectivity index is 1.92. The van der Waals surface area contributed by atoms with Gasteiger partial charge in [-0.3, -0.25) is 9.59 Å². The number of rotatable bonds is 5. The maximum absolute atomic E-state index is 12.3. The molecule has 110 valence electrons. The minimum Gasteiger partial charge on any atom is -0.481 e. The molecule has 0 aliphatic heterocycles. The van der Waals surface area contributed by atoms with Gasteiger partial charge in [0.25, 0.3) is 0 Å². The standard InChI is InChI=1S/C15H21NO3S/c1-9-5-12(13(6-9)15(18)19)14(17)16-10(2)7-11-3-4-20-8-11/h3-4,8-10,12-13H,5-7H2,1-2H3,(H,16,17)(H,18,19)/t9?,10?,12-,13+/m0/s1. The lowest BCUT2D eigenvalue weighted by atomic mass is 9.95. The molecule has 1 aliphatic carbocycles. The number of hydrogen-bond donors (Lipinski definition) is 2. The molecule has 1 saturated carbocycles. The molecule has 2 unspecified atom stereocenters. The van der Waals surface area contributed by atoms with Gasteiger partial charge in [-0.05, 0) is 54.5 Å². The molecule has 0 aromatic carbocycles. The molecule has 5 heteroatoms. The molecular weight excluding hydrogens is 274 g/mol. The van der Waals surface area contributed by atoms with E-state index < -0.39 is 11.9 Å². The van der Waals surface area contributed by atoms with Crippen LogP contribution < -0.4 is 5.32 Å². The van der Waals surface area contributed by atoms with E-state index in [-0.39, 0.29) is 17.9 Å². The van der Waals surface area contributed by atoms with E-state index in [1.807, 2.05) is 25.3 Å². The summed E-state index contributed by atoms with van der Waals surface area (Å²) in [5, 5.41) is 16.3. The third-order valence-corrected chi connectivity index (χ3v) is 4.69. The summed E-state index contributed by atoms with van der Waals surface area (Å²) in [6.45, 7) is 3.97. The molecule has 20 heavy (non-hydrogen) atoms. The average molecular weight is 295 g/mol. The summed E-state index contributed by atoms with van der Waals surface area (Å²) in [5.74, 6) is -1.56. The summed E-state index contributed by atoms with van der Waals surface area (Å²) in [6.07, 6.45) is 2.07. The second kappa shape index (κ2) is 6.39. The lowest BCUT2D eigenvalue weighted by Crippen LogP contribution is -2.40. The summed E-state index contributed by atoms with van der Waals surface area (Å²) in [7, 11) is 0. The highest BCUT2D eigenvalue weighted by Crippen LogP contribution is 2.36. The van der Waals surface area contributed by atoms with Crippen molar-refractivity contribution in [1.82, 2.24) is 5.32 Å². The molecule has 4 nitrogen and oxygen atoms in total. The fourth-order valence-corrected chi connectivity index (χ4v) is 3.70. The van der Waals surface area contributed by atoms with E-state index in [2.05, 4.69) is 10.7 Å². The van der Waals surface area contributed by atoms with Crippen LogP contribution in [0.2, 0.25) is 0 Å². The number of carboxylic acid groups (broad SMARTS) is 1. The Morgan fingerprint density at radius 3 is 2.75 bits per heavy atom. The van der Waals surface area contributed by atoms with Crippen molar-refractivity contribution in [2.24, 2.45) is 17.8 Å². The third kappa shape index (κ3) is 3.60. The van der Waals surface area contributed by atoms with Crippen molar-refractivity contribution >= 4 is 23.2 Å². The first-order chi connectivity index (χ1) is 9.47. The van der Waals surface area contributed by atoms with Gasteiger partial charge in [0.1, 0.15) is 0 Å². The van der Waals surface area contributed by atoms with Crippen LogP contribution in [0.1, 0.15) is 32.3 Å². The van der Waals surface area contributed by atoms with Gasteiger partial charge in [0.15, 0.2) is 0 Å². The maximum atomic E-state index is 12.3. The van der Waals surface area contributed by atoms with Crippen LogP contribution in [0.25, 0.3) is 0 Å². The number of carbonyl (C=O) groups excluding carboxylic acids is 1. The van der Waals surface area contributed by atoms with Crippen LogP contribution in [0.5, 0.6) is 0 Å². The minimum absolute atomic E-state index is 0.0300. The first-order valence-corrected chi connectivity index (χ1v) is 7.96. The number of carbonyl (C=O) groups is 2. The number of nitrogens with one attached hydrogen (secondary N) is 1. The van der Waals surface area contributed by atoms with Crippen LogP contribution in [0.3, 0.4) is 0 Å². The van der Waals surface area contributed by atoms with Crippen molar-refractivity contribution in [1.29, 1.82) is 0 Å². The van der Waals surface area contributed by atoms with E-state index >= 15 is 0 Å². The molecular formula is C15H21NO3S. The normalized spacial score (nSPS) is 27.2. The second-order valence-corrected chi connectivity index (χ2v) is 6.65. The Kier molecular flexibility index (Phi) is 4.81. The van der Waals surface area contributed by atoms with Gasteiger partial charge in [0.2, 0.25) is 5.91 Å². The molecule has 0 bridgehead atoms. The largest absolute Gasteiger partial charge is 0.481 e. The topological polar surface area (TPSA) is 66.4 Å². The van der Waals surface area contributed by atoms with E-state index in [9.17, 15) is 14.7 Å². The molecule has 4 atom stereocenters. The predicted molar refractivity (Wildman–Crippen MR) is 78.6 cm³/mol. The van der Waals surface area contributed by atoms with Crippen molar-refractivity contribution in [2.75, 3.05) is 0 Å². The van der Waals surface area contributed by atoms with Crippen LogP contribution in [0.4, 0.5) is 0 Å². The lowest BCUT2D eigenvalue weighted by molar-refractivity contribution is -0.146. The SMILES string of the molecule is CC1C[C@H](C(=O)NC(C)Cc2ccsc2)[C@H](C(=O)O)C1. The summed E-state index contributed by atoms with van der Waals surface area (Å²) in [5.41, 5.74) is 1.21. The van der Waals surface area contributed by atoms with Gasteiger partial charge in [-0.1, -0.05) is 6.92 Å². The first kappa shape index (κ1) is 15.0. The van der Waals surface area contributed by atoms with Crippen molar-refractivity contribution < 1.29 is 14.7 Å². The van der Waals surface area contributed by atoms with Gasteiger partial charge < -0.3 is 10.4 Å². The Labute approximate surface area is 123 Å². The zero-order chi connectivity index (χ0) is 14.7. The van der Waals surface area contributed by atoms with E-state index in [0.717, 1.165) is 6.42 Å². The Bertz CT molecular complexity index is 471. The minimum atomic E-state index is -0.847. The number of amides is 1. The number of carboxylic acids is 1. The smallest absolute Gasteiger partial charge is 0.307 e. The molecule has 0 spiro atoms. The highest BCUT2D eigenvalue weighted by atomic mass is 32.1. The van der Waals surface area contributed by atoms with Crippen molar-refractivity contribution in [3.63, 3.8) is 0 Å². The summed E-state index contributed by atoms with van der Waals surface area (Å²) in [6, 6.07) is 2.08. The third-order valence-electron chi connectivity index (χ3n) is 3.96. The summed E-state index contributed by atoms with van der Waals surface area (Å²) < 4.78 is 0. The fourth-order valence-electron chi connectivity index (χ4n) is 3.02. The van der Waals surface area contributed by atoms with Crippen LogP contribution in [-0.2, 0) is 16.0 Å². The highest BCUT2D eigenvalue weighted by Gasteiger charge is 2.41. The highest BCUT2D eigenvalue weighted by molar-refractivity contribution is 7.07. The number of thiophene rings is 1. The maximum Gasteiger partial charge on any atom is 0.307 e. The Morgan fingerprint density at radius 1 is 1.45 bits per heavy atom. The van der Waals surface area contributed by atoms with Crippen LogP contribution >= 0.6 is 11.3 Å². The molecule has 2 N–H and O–H groups in total. The van der Waals surface area contributed by atoms with Gasteiger partial charge in [0.05, 0.1) is 11.8 Å². The van der Waals surface area contributed by atoms with Crippen molar-refractivity contribution in [3.8, 4) is 0 Å². The molecule has 1 aliphatic rings. The summed E-state index contributed by atoms with van der Waals surface area (Å²) >= 11 is 1.64. The van der Waals surface area contributed by atoms with Gasteiger partial charge in [0, 0.05) is 6.04 Å². The quantitative estimate of drug-likeness (QED) is 0.877. The van der Waals surface area contributed by atoms with Crippen LogP contribution in [0.15, 0.2) is 16.8 Å². The van der Waals surface area contributed by atoms with Gasteiger partial charge in [-0.2, -0.15) is 11.3 Å². The van der Waals surface area contributed by atoms with Crippen molar-refractivity contribution in [2.45, 2.75) is 39.2 Å². The Hall–Kier alpha value is -1.36. The Morgan fingerprint density at radius 2 is 2.15 bits per heavy atom.